The smallest absolute Gasteiger partial charge is 0.0225 e. The molecule has 1 aliphatic rings. The van der Waals surface area contributed by atoms with E-state index in [4.69, 9.17) is 0 Å². The van der Waals surface area contributed by atoms with Crippen molar-refractivity contribution in [1.29, 1.82) is 0 Å². The van der Waals surface area contributed by atoms with Crippen molar-refractivity contribution in [2.75, 3.05) is 0 Å². The van der Waals surface area contributed by atoms with E-state index in [2.05, 4.69) is 78.3 Å². The van der Waals surface area contributed by atoms with Gasteiger partial charge in [0, 0.05) is 10.4 Å². The van der Waals surface area contributed by atoms with Crippen LogP contribution in [0.15, 0.2) is 46.9 Å². The monoisotopic (exact) mass is 298 g/mol. The van der Waals surface area contributed by atoms with Gasteiger partial charge in [0.15, 0.2) is 0 Å². The first kappa shape index (κ1) is 11.7. The summed E-state index contributed by atoms with van der Waals surface area (Å²) < 4.78 is 1.22. The molecule has 1 aliphatic carbocycles. The average Bonchev–Trinajstić information content (AvgIpc) is 2.72. The molecular formula is C17H15Br. The van der Waals surface area contributed by atoms with E-state index in [0.717, 1.165) is 0 Å². The van der Waals surface area contributed by atoms with Gasteiger partial charge in [0.05, 0.1) is 0 Å². The number of hydrogen-bond acceptors (Lipinski definition) is 0. The van der Waals surface area contributed by atoms with Crippen LogP contribution in [0, 0.1) is 6.92 Å². The van der Waals surface area contributed by atoms with Crippen molar-refractivity contribution in [3.63, 3.8) is 0 Å². The lowest BCUT2D eigenvalue weighted by molar-refractivity contribution is 0.982. The first-order valence-corrected chi connectivity index (χ1v) is 7.03. The second-order valence-corrected chi connectivity index (χ2v) is 5.83. The maximum absolute atomic E-state index is 3.71. The van der Waals surface area contributed by atoms with Gasteiger partial charge in [-0.15, -0.1) is 0 Å². The summed E-state index contributed by atoms with van der Waals surface area (Å²) in [5.41, 5.74) is 6.60. The number of halogens is 1. The molecule has 0 aromatic heterocycles. The Morgan fingerprint density at radius 3 is 2.44 bits per heavy atom. The van der Waals surface area contributed by atoms with Gasteiger partial charge in [0.25, 0.3) is 0 Å². The van der Waals surface area contributed by atoms with Gasteiger partial charge in [-0.1, -0.05) is 64.8 Å². The number of fused-ring (bicyclic) bond motifs is 1. The summed E-state index contributed by atoms with van der Waals surface area (Å²) in [6, 6.07) is 13.2. The van der Waals surface area contributed by atoms with Gasteiger partial charge in [-0.05, 0) is 41.3 Å². The fourth-order valence-corrected chi connectivity index (χ4v) is 3.35. The molecule has 2 aromatic rings. The zero-order valence-corrected chi connectivity index (χ0v) is 12.2. The third-order valence-electron chi connectivity index (χ3n) is 3.57. The van der Waals surface area contributed by atoms with Crippen molar-refractivity contribution in [2.24, 2.45) is 0 Å². The van der Waals surface area contributed by atoms with Crippen LogP contribution in [-0.2, 0) is 0 Å². The molecule has 2 aromatic carbocycles. The molecule has 0 saturated carbocycles. The van der Waals surface area contributed by atoms with Crippen LogP contribution in [-0.4, -0.2) is 0 Å². The highest BCUT2D eigenvalue weighted by Crippen LogP contribution is 2.38. The maximum atomic E-state index is 3.71. The van der Waals surface area contributed by atoms with Crippen molar-refractivity contribution in [3.05, 3.63) is 63.6 Å². The quantitative estimate of drug-likeness (QED) is 0.647. The van der Waals surface area contributed by atoms with E-state index in [9.17, 15) is 0 Å². The largest absolute Gasteiger partial charge is 0.0766 e. The molecule has 0 aliphatic heterocycles. The molecule has 0 heterocycles. The predicted octanol–water partition coefficient (Wildman–Crippen LogP) is 5.55. The van der Waals surface area contributed by atoms with Crippen molar-refractivity contribution in [3.8, 4) is 11.1 Å². The van der Waals surface area contributed by atoms with Crippen molar-refractivity contribution in [1.82, 2.24) is 0 Å². The molecule has 0 amide bonds. The Morgan fingerprint density at radius 2 is 1.72 bits per heavy atom. The molecule has 3 rings (SSSR count). The van der Waals surface area contributed by atoms with Gasteiger partial charge in [0.2, 0.25) is 0 Å². The van der Waals surface area contributed by atoms with E-state index in [1.807, 2.05) is 0 Å². The fourth-order valence-electron chi connectivity index (χ4n) is 2.51. The number of rotatable bonds is 1. The Labute approximate surface area is 116 Å². The topological polar surface area (TPSA) is 0 Å². The molecule has 0 bridgehead atoms. The first-order valence-electron chi connectivity index (χ1n) is 6.24. The summed E-state index contributed by atoms with van der Waals surface area (Å²) in [6.07, 6.45) is 4.48. The van der Waals surface area contributed by atoms with Gasteiger partial charge in [-0.2, -0.15) is 0 Å². The normalized spacial score (nSPS) is 16.9. The number of allylic oxidation sites excluding steroid dienone is 1. The summed E-state index contributed by atoms with van der Waals surface area (Å²) >= 11 is 3.71. The number of hydrogen-bond donors (Lipinski definition) is 0. The van der Waals surface area contributed by atoms with E-state index in [1.54, 1.807) is 0 Å². The molecule has 0 N–H and O–H groups in total. The van der Waals surface area contributed by atoms with Crippen molar-refractivity contribution >= 4 is 22.0 Å². The van der Waals surface area contributed by atoms with E-state index in [0.29, 0.717) is 5.92 Å². The molecule has 1 unspecified atom stereocenters. The van der Waals surface area contributed by atoms with Crippen LogP contribution in [0.25, 0.3) is 17.2 Å². The zero-order chi connectivity index (χ0) is 12.7. The van der Waals surface area contributed by atoms with Crippen LogP contribution in [0.1, 0.15) is 29.5 Å². The Kier molecular flexibility index (Phi) is 2.87. The highest BCUT2D eigenvalue weighted by Gasteiger charge is 2.17. The molecule has 0 nitrogen and oxygen atoms in total. The minimum atomic E-state index is 0.515. The zero-order valence-electron chi connectivity index (χ0n) is 10.6. The van der Waals surface area contributed by atoms with Crippen molar-refractivity contribution < 1.29 is 0 Å². The summed E-state index contributed by atoms with van der Waals surface area (Å²) in [7, 11) is 0. The third-order valence-corrected chi connectivity index (χ3v) is 4.22. The van der Waals surface area contributed by atoms with E-state index >= 15 is 0 Å². The predicted molar refractivity (Wildman–Crippen MR) is 81.8 cm³/mol. The molecule has 0 saturated heterocycles. The third kappa shape index (κ3) is 1.93. The van der Waals surface area contributed by atoms with Crippen LogP contribution in [0.3, 0.4) is 0 Å². The molecule has 18 heavy (non-hydrogen) atoms. The Balaban J connectivity index is 2.12. The van der Waals surface area contributed by atoms with Crippen LogP contribution in [0.4, 0.5) is 0 Å². The molecule has 0 radical (unpaired) electrons. The minimum Gasteiger partial charge on any atom is -0.0766 e. The molecule has 0 fully saturated rings. The van der Waals surface area contributed by atoms with Crippen LogP contribution in [0.2, 0.25) is 0 Å². The summed E-state index contributed by atoms with van der Waals surface area (Å²) in [5, 5.41) is 0. The lowest BCUT2D eigenvalue weighted by Gasteiger charge is -2.11. The van der Waals surface area contributed by atoms with Crippen LogP contribution < -0.4 is 0 Å². The van der Waals surface area contributed by atoms with Gasteiger partial charge >= 0.3 is 0 Å². The van der Waals surface area contributed by atoms with E-state index < -0.39 is 0 Å². The SMILES string of the molecule is Cc1ccc(-c2cc(Br)c3c(c2)C=CC3C)cc1. The highest BCUT2D eigenvalue weighted by atomic mass is 79.9. The first-order chi connectivity index (χ1) is 8.65. The molecule has 90 valence electrons. The highest BCUT2D eigenvalue weighted by molar-refractivity contribution is 9.10. The minimum absolute atomic E-state index is 0.515. The van der Waals surface area contributed by atoms with Crippen molar-refractivity contribution in [2.45, 2.75) is 19.8 Å². The fraction of sp³-hybridized carbons (Fsp3) is 0.176. The standard InChI is InChI=1S/C17H15Br/c1-11-3-6-13(7-4-11)15-9-14-8-5-12(2)17(14)16(18)10-15/h3-10,12H,1-2H3. The molecular weight excluding hydrogens is 284 g/mol. The second-order valence-electron chi connectivity index (χ2n) is 4.97. The maximum Gasteiger partial charge on any atom is 0.0225 e. The Bertz CT molecular complexity index is 621. The summed E-state index contributed by atoms with van der Waals surface area (Å²) in [5.74, 6) is 0.515. The average molecular weight is 299 g/mol. The lowest BCUT2D eigenvalue weighted by Crippen LogP contribution is -1.91. The van der Waals surface area contributed by atoms with E-state index in [-0.39, 0.29) is 0 Å². The van der Waals surface area contributed by atoms with Gasteiger partial charge < -0.3 is 0 Å². The molecule has 1 atom stereocenters. The van der Waals surface area contributed by atoms with Gasteiger partial charge in [-0.3, -0.25) is 0 Å². The summed E-state index contributed by atoms with van der Waals surface area (Å²) in [4.78, 5) is 0. The summed E-state index contributed by atoms with van der Waals surface area (Å²) in [6.45, 7) is 4.35. The van der Waals surface area contributed by atoms with Gasteiger partial charge in [0.1, 0.15) is 0 Å². The lowest BCUT2D eigenvalue weighted by atomic mass is 9.97. The van der Waals surface area contributed by atoms with Crippen LogP contribution >= 0.6 is 15.9 Å². The molecule has 1 heteroatoms. The van der Waals surface area contributed by atoms with Crippen LogP contribution in [0.5, 0.6) is 0 Å². The van der Waals surface area contributed by atoms with Gasteiger partial charge in [-0.25, -0.2) is 0 Å². The molecule has 0 spiro atoms. The second kappa shape index (κ2) is 4.40. The number of benzene rings is 2. The number of aryl methyl sites for hydroxylation is 1. The Morgan fingerprint density at radius 1 is 1.00 bits per heavy atom. The Hall–Kier alpha value is -1.34. The van der Waals surface area contributed by atoms with E-state index in [1.165, 1.54) is 32.3 Å².